The van der Waals surface area contributed by atoms with Gasteiger partial charge in [-0.15, -0.1) is 0 Å². The van der Waals surface area contributed by atoms with Crippen molar-refractivity contribution in [2.75, 3.05) is 56.3 Å². The number of nitrogens with zero attached hydrogens (tertiary/aromatic N) is 5. The molecule has 0 radical (unpaired) electrons. The van der Waals surface area contributed by atoms with Gasteiger partial charge in [0.1, 0.15) is 23.4 Å². The zero-order chi connectivity index (χ0) is 24.4. The Balaban J connectivity index is 1.31. The van der Waals surface area contributed by atoms with Crippen LogP contribution >= 0.6 is 0 Å². The standard InChI is InChI=1S/C24H30F2N6O3/c1-34-11-12-35-17-13-19(25)21(20(26)14-17)30-7-9-31(10-8-30)24-28-22-18(23(33)29-24)15-27-32(22)16-5-3-2-4-6-16/h13-16H,2-12H2,1H3,(H,28,29,33). The second-order valence-electron chi connectivity index (χ2n) is 9.06. The first-order valence-corrected chi connectivity index (χ1v) is 12.1. The first kappa shape index (κ1) is 23.5. The van der Waals surface area contributed by atoms with Crippen molar-refractivity contribution >= 4 is 22.7 Å². The maximum Gasteiger partial charge on any atom is 0.263 e. The van der Waals surface area contributed by atoms with E-state index in [1.165, 1.54) is 25.7 Å². The van der Waals surface area contributed by atoms with Crippen LogP contribution in [0.1, 0.15) is 38.1 Å². The van der Waals surface area contributed by atoms with Gasteiger partial charge in [-0.2, -0.15) is 10.1 Å². The molecule has 0 bridgehead atoms. The fraction of sp³-hybridized carbons (Fsp3) is 0.542. The van der Waals surface area contributed by atoms with E-state index in [1.54, 1.807) is 11.1 Å². The lowest BCUT2D eigenvalue weighted by Gasteiger charge is -2.36. The lowest BCUT2D eigenvalue weighted by molar-refractivity contribution is 0.146. The fourth-order valence-electron chi connectivity index (χ4n) is 4.98. The number of methoxy groups -OCH3 is 1. The molecule has 3 aromatic rings. The Morgan fingerprint density at radius 2 is 1.71 bits per heavy atom. The highest BCUT2D eigenvalue weighted by Gasteiger charge is 2.26. The van der Waals surface area contributed by atoms with Gasteiger partial charge in [0.15, 0.2) is 17.3 Å². The van der Waals surface area contributed by atoms with Crippen LogP contribution in [0.4, 0.5) is 20.4 Å². The first-order chi connectivity index (χ1) is 17.0. The smallest absolute Gasteiger partial charge is 0.263 e. The van der Waals surface area contributed by atoms with Crippen molar-refractivity contribution in [2.24, 2.45) is 0 Å². The average Bonchev–Trinajstić information content (AvgIpc) is 3.29. The van der Waals surface area contributed by atoms with Crippen molar-refractivity contribution in [3.8, 4) is 5.75 Å². The average molecular weight is 489 g/mol. The summed E-state index contributed by atoms with van der Waals surface area (Å²) in [5.74, 6) is -0.753. The maximum absolute atomic E-state index is 14.8. The Kier molecular flexibility index (Phi) is 6.85. The number of H-pyrrole nitrogens is 1. The Bertz CT molecular complexity index is 1210. The van der Waals surface area contributed by atoms with Gasteiger partial charge >= 0.3 is 0 Å². The van der Waals surface area contributed by atoms with E-state index in [2.05, 4.69) is 10.1 Å². The minimum Gasteiger partial charge on any atom is -0.491 e. The number of nitrogens with one attached hydrogen (secondary N) is 1. The lowest BCUT2D eigenvalue weighted by atomic mass is 9.96. The molecule has 0 atom stereocenters. The van der Waals surface area contributed by atoms with Crippen molar-refractivity contribution in [1.82, 2.24) is 19.7 Å². The van der Waals surface area contributed by atoms with Crippen molar-refractivity contribution in [3.63, 3.8) is 0 Å². The zero-order valence-corrected chi connectivity index (χ0v) is 19.8. The summed E-state index contributed by atoms with van der Waals surface area (Å²) in [5, 5.41) is 4.96. The van der Waals surface area contributed by atoms with Crippen molar-refractivity contribution in [3.05, 3.63) is 40.3 Å². The van der Waals surface area contributed by atoms with Crippen LogP contribution in [0, 0.1) is 11.6 Å². The van der Waals surface area contributed by atoms with E-state index in [4.69, 9.17) is 14.5 Å². The molecular formula is C24H30F2N6O3. The van der Waals surface area contributed by atoms with E-state index in [0.717, 1.165) is 25.7 Å². The summed E-state index contributed by atoms with van der Waals surface area (Å²) in [6.07, 6.45) is 7.18. The van der Waals surface area contributed by atoms with Crippen LogP contribution in [-0.2, 0) is 4.74 Å². The molecular weight excluding hydrogens is 458 g/mol. The molecule has 188 valence electrons. The summed E-state index contributed by atoms with van der Waals surface area (Å²) in [5.41, 5.74) is 0.297. The minimum atomic E-state index is -0.671. The Morgan fingerprint density at radius 3 is 2.40 bits per heavy atom. The highest BCUT2D eigenvalue weighted by molar-refractivity contribution is 5.74. The molecule has 1 aliphatic heterocycles. The molecule has 1 saturated heterocycles. The SMILES string of the molecule is COCCOc1cc(F)c(N2CCN(c3nc4c(cnn4C4CCCCC4)c(=O)[nH]3)CC2)c(F)c1. The van der Waals surface area contributed by atoms with Crippen LogP contribution in [0.5, 0.6) is 5.75 Å². The molecule has 1 aliphatic carbocycles. The molecule has 1 N–H and O–H groups in total. The molecule has 1 saturated carbocycles. The number of fused-ring (bicyclic) bond motifs is 1. The summed E-state index contributed by atoms with van der Waals surface area (Å²) in [6.45, 7) is 2.20. The van der Waals surface area contributed by atoms with Crippen LogP contribution in [0.15, 0.2) is 23.1 Å². The van der Waals surface area contributed by atoms with E-state index in [1.807, 2.05) is 9.58 Å². The highest BCUT2D eigenvalue weighted by atomic mass is 19.1. The van der Waals surface area contributed by atoms with E-state index < -0.39 is 11.6 Å². The second-order valence-corrected chi connectivity index (χ2v) is 9.06. The molecule has 2 aromatic heterocycles. The van der Waals surface area contributed by atoms with Crippen molar-refractivity contribution in [2.45, 2.75) is 38.1 Å². The third-order valence-corrected chi connectivity index (χ3v) is 6.81. The summed E-state index contributed by atoms with van der Waals surface area (Å²) < 4.78 is 41.7. The summed E-state index contributed by atoms with van der Waals surface area (Å²) in [7, 11) is 1.53. The van der Waals surface area contributed by atoms with Crippen molar-refractivity contribution in [1.29, 1.82) is 0 Å². The van der Waals surface area contributed by atoms with Crippen LogP contribution in [-0.4, -0.2) is 66.3 Å². The number of rotatable bonds is 7. The maximum atomic E-state index is 14.8. The lowest BCUT2D eigenvalue weighted by Crippen LogP contribution is -2.48. The van der Waals surface area contributed by atoms with Gasteiger partial charge in [-0.25, -0.2) is 13.5 Å². The molecule has 0 spiro atoms. The van der Waals surface area contributed by atoms with Gasteiger partial charge in [-0.3, -0.25) is 9.78 Å². The number of halogens is 2. The Morgan fingerprint density at radius 1 is 1.03 bits per heavy atom. The highest BCUT2D eigenvalue weighted by Crippen LogP contribution is 2.31. The van der Waals surface area contributed by atoms with Crippen molar-refractivity contribution < 1.29 is 18.3 Å². The molecule has 0 amide bonds. The molecule has 3 heterocycles. The van der Waals surface area contributed by atoms with Gasteiger partial charge in [0, 0.05) is 45.4 Å². The summed E-state index contributed by atoms with van der Waals surface area (Å²) >= 11 is 0. The molecule has 35 heavy (non-hydrogen) atoms. The number of hydrogen-bond acceptors (Lipinski definition) is 7. The first-order valence-electron chi connectivity index (χ1n) is 12.1. The van der Waals surface area contributed by atoms with E-state index in [9.17, 15) is 13.6 Å². The third-order valence-electron chi connectivity index (χ3n) is 6.81. The number of aromatic amines is 1. The van der Waals surface area contributed by atoms with Crippen LogP contribution in [0.25, 0.3) is 11.0 Å². The molecule has 0 unspecified atom stereocenters. The predicted octanol–water partition coefficient (Wildman–Crippen LogP) is 3.25. The third kappa shape index (κ3) is 4.82. The topological polar surface area (TPSA) is 88.5 Å². The fourth-order valence-corrected chi connectivity index (χ4v) is 4.98. The number of aromatic nitrogens is 4. The van der Waals surface area contributed by atoms with Crippen LogP contribution in [0.2, 0.25) is 0 Å². The number of benzene rings is 1. The predicted molar refractivity (Wildman–Crippen MR) is 128 cm³/mol. The van der Waals surface area contributed by atoms with E-state index >= 15 is 0 Å². The summed E-state index contributed by atoms with van der Waals surface area (Å²) in [4.78, 5) is 24.0. The monoisotopic (exact) mass is 488 g/mol. The van der Waals surface area contributed by atoms with Gasteiger partial charge in [0.05, 0.1) is 18.8 Å². The van der Waals surface area contributed by atoms with Gasteiger partial charge < -0.3 is 19.3 Å². The number of anilines is 2. The number of ether oxygens (including phenoxy) is 2. The van der Waals surface area contributed by atoms with E-state index in [0.29, 0.717) is 49.8 Å². The molecule has 2 fully saturated rings. The largest absolute Gasteiger partial charge is 0.491 e. The van der Waals surface area contributed by atoms with Crippen LogP contribution < -0.4 is 20.1 Å². The molecule has 11 heteroatoms. The van der Waals surface area contributed by atoms with Gasteiger partial charge in [-0.05, 0) is 12.8 Å². The van der Waals surface area contributed by atoms with E-state index in [-0.39, 0.29) is 29.6 Å². The normalized spacial score (nSPS) is 17.3. The molecule has 1 aromatic carbocycles. The van der Waals surface area contributed by atoms with Gasteiger partial charge in [0.25, 0.3) is 5.56 Å². The molecule has 5 rings (SSSR count). The second kappa shape index (κ2) is 10.2. The molecule has 2 aliphatic rings. The minimum absolute atomic E-state index is 0.0731. The zero-order valence-electron chi connectivity index (χ0n) is 19.8. The van der Waals surface area contributed by atoms with Gasteiger partial charge in [-0.1, -0.05) is 19.3 Å². The Hall–Kier alpha value is -3.21. The van der Waals surface area contributed by atoms with Crippen LogP contribution in [0.3, 0.4) is 0 Å². The number of piperazine rings is 1. The quantitative estimate of drug-likeness (QED) is 0.511. The summed E-state index contributed by atoms with van der Waals surface area (Å²) in [6, 6.07) is 2.65. The Labute approximate surface area is 201 Å². The number of hydrogen-bond donors (Lipinski definition) is 1. The van der Waals surface area contributed by atoms with Gasteiger partial charge in [0.2, 0.25) is 5.95 Å². The molecule has 9 nitrogen and oxygen atoms in total.